The lowest BCUT2D eigenvalue weighted by Gasteiger charge is -2.11. The zero-order chi connectivity index (χ0) is 11.5. The molecule has 0 aromatic heterocycles. The molecule has 4 heteroatoms. The second kappa shape index (κ2) is 4.95. The van der Waals surface area contributed by atoms with Gasteiger partial charge in [-0.15, -0.1) is 0 Å². The average molecular weight is 225 g/mol. The van der Waals surface area contributed by atoms with Crippen molar-refractivity contribution in [2.75, 3.05) is 13.2 Å². The van der Waals surface area contributed by atoms with E-state index in [1.54, 1.807) is 6.92 Å². The number of carbonyl (C=O) groups is 2. The number of ketones is 1. The third-order valence-electron chi connectivity index (χ3n) is 3.12. The van der Waals surface area contributed by atoms with Crippen molar-refractivity contribution in [1.29, 1.82) is 0 Å². The number of rotatable bonds is 7. The van der Waals surface area contributed by atoms with Gasteiger partial charge in [0, 0.05) is 6.54 Å². The minimum absolute atomic E-state index is 0.443. The van der Waals surface area contributed by atoms with Gasteiger partial charge in [0.05, 0.1) is 6.61 Å². The van der Waals surface area contributed by atoms with Crippen molar-refractivity contribution >= 4 is 11.7 Å². The largest absolute Gasteiger partial charge is 0.370 e. The van der Waals surface area contributed by atoms with E-state index in [1.807, 2.05) is 0 Å². The fraction of sp³-hybridized carbons (Fsp3) is 0.833. The highest BCUT2D eigenvalue weighted by Gasteiger charge is 2.28. The maximum absolute atomic E-state index is 11.6. The van der Waals surface area contributed by atoms with Crippen LogP contribution < -0.4 is 5.32 Å². The third kappa shape index (κ3) is 3.59. The van der Waals surface area contributed by atoms with Crippen molar-refractivity contribution in [3.63, 3.8) is 0 Å². The smallest absolute Gasteiger partial charge is 0.290 e. The van der Waals surface area contributed by atoms with Gasteiger partial charge in [-0.25, -0.2) is 0 Å². The standard InChI is InChI=1S/C12H19NO3/c1-8(16-7-10-4-5-10)11(14)12(15)13-6-9-2-3-9/h8-10H,2-7H2,1H3,(H,13,15). The summed E-state index contributed by atoms with van der Waals surface area (Å²) >= 11 is 0. The molecule has 0 saturated heterocycles. The molecule has 0 aromatic carbocycles. The van der Waals surface area contributed by atoms with Gasteiger partial charge in [-0.2, -0.15) is 0 Å². The van der Waals surface area contributed by atoms with Gasteiger partial charge in [0.1, 0.15) is 6.10 Å². The summed E-state index contributed by atoms with van der Waals surface area (Å²) in [6, 6.07) is 0. The zero-order valence-electron chi connectivity index (χ0n) is 9.70. The van der Waals surface area contributed by atoms with Gasteiger partial charge >= 0.3 is 0 Å². The second-order valence-corrected chi connectivity index (χ2v) is 4.94. The molecule has 2 aliphatic rings. The van der Waals surface area contributed by atoms with E-state index in [1.165, 1.54) is 25.7 Å². The molecule has 0 radical (unpaired) electrons. The summed E-state index contributed by atoms with van der Waals surface area (Å²) in [5.74, 6) is 0.278. The Bertz CT molecular complexity index is 282. The Kier molecular flexibility index (Phi) is 3.59. The van der Waals surface area contributed by atoms with E-state index in [-0.39, 0.29) is 0 Å². The number of ether oxygens (including phenoxy) is 1. The van der Waals surface area contributed by atoms with Crippen molar-refractivity contribution < 1.29 is 14.3 Å². The number of hydrogen-bond acceptors (Lipinski definition) is 3. The van der Waals surface area contributed by atoms with Crippen molar-refractivity contribution in [1.82, 2.24) is 5.32 Å². The van der Waals surface area contributed by atoms with Crippen molar-refractivity contribution in [2.24, 2.45) is 11.8 Å². The van der Waals surface area contributed by atoms with Crippen LogP contribution in [0.5, 0.6) is 0 Å². The Hall–Kier alpha value is -0.900. The summed E-state index contributed by atoms with van der Waals surface area (Å²) in [5.41, 5.74) is 0. The molecule has 90 valence electrons. The fourth-order valence-electron chi connectivity index (χ4n) is 1.47. The number of hydrogen-bond donors (Lipinski definition) is 1. The van der Waals surface area contributed by atoms with Crippen LogP contribution in [0.1, 0.15) is 32.6 Å². The lowest BCUT2D eigenvalue weighted by Crippen LogP contribution is -2.39. The zero-order valence-corrected chi connectivity index (χ0v) is 9.70. The molecule has 16 heavy (non-hydrogen) atoms. The molecule has 4 nitrogen and oxygen atoms in total. The molecule has 2 fully saturated rings. The third-order valence-corrected chi connectivity index (χ3v) is 3.12. The number of amides is 1. The minimum Gasteiger partial charge on any atom is -0.370 e. The first-order valence-electron chi connectivity index (χ1n) is 6.10. The molecule has 0 heterocycles. The Morgan fingerprint density at radius 2 is 1.88 bits per heavy atom. The molecule has 1 amide bonds. The number of Topliss-reactive ketones (excluding diaryl/α,β-unsaturated/α-hetero) is 1. The van der Waals surface area contributed by atoms with Crippen molar-refractivity contribution in [2.45, 2.75) is 38.7 Å². The van der Waals surface area contributed by atoms with E-state index in [9.17, 15) is 9.59 Å². The van der Waals surface area contributed by atoms with Gasteiger partial charge in [0.25, 0.3) is 5.91 Å². The summed E-state index contributed by atoms with van der Waals surface area (Å²) in [4.78, 5) is 23.0. The van der Waals surface area contributed by atoms with Crippen LogP contribution in [-0.4, -0.2) is 30.9 Å². The quantitative estimate of drug-likeness (QED) is 0.655. The molecule has 1 unspecified atom stereocenters. The van der Waals surface area contributed by atoms with Crippen LogP contribution in [-0.2, 0) is 14.3 Å². The molecule has 0 aromatic rings. The van der Waals surface area contributed by atoms with Crippen LogP contribution in [0.3, 0.4) is 0 Å². The molecular formula is C12H19NO3. The van der Waals surface area contributed by atoms with Gasteiger partial charge in [0.2, 0.25) is 5.78 Å². The summed E-state index contributed by atoms with van der Waals surface area (Å²) in [6.07, 6.45) is 4.12. The van der Waals surface area contributed by atoms with Gasteiger partial charge in [-0.3, -0.25) is 9.59 Å². The van der Waals surface area contributed by atoms with Gasteiger partial charge in [-0.1, -0.05) is 0 Å². The van der Waals surface area contributed by atoms with Crippen LogP contribution in [0.25, 0.3) is 0 Å². The molecule has 0 aliphatic heterocycles. The van der Waals surface area contributed by atoms with E-state index < -0.39 is 17.8 Å². The highest BCUT2D eigenvalue weighted by molar-refractivity contribution is 6.37. The normalized spacial score (nSPS) is 21.6. The Morgan fingerprint density at radius 1 is 1.25 bits per heavy atom. The number of nitrogens with one attached hydrogen (secondary N) is 1. The molecule has 0 spiro atoms. The average Bonchev–Trinajstić information content (AvgIpc) is 3.15. The summed E-state index contributed by atoms with van der Waals surface area (Å²) < 4.78 is 5.36. The van der Waals surface area contributed by atoms with Crippen molar-refractivity contribution in [3.8, 4) is 0 Å². The molecule has 2 rings (SSSR count). The molecule has 1 atom stereocenters. The second-order valence-electron chi connectivity index (χ2n) is 4.94. The van der Waals surface area contributed by atoms with E-state index >= 15 is 0 Å². The Labute approximate surface area is 95.7 Å². The molecule has 2 saturated carbocycles. The highest BCUT2D eigenvalue weighted by atomic mass is 16.5. The van der Waals surface area contributed by atoms with Crippen LogP contribution in [0.4, 0.5) is 0 Å². The number of carbonyl (C=O) groups excluding carboxylic acids is 2. The molecule has 1 N–H and O–H groups in total. The highest BCUT2D eigenvalue weighted by Crippen LogP contribution is 2.29. The van der Waals surface area contributed by atoms with Crippen molar-refractivity contribution in [3.05, 3.63) is 0 Å². The lowest BCUT2D eigenvalue weighted by molar-refractivity contribution is -0.144. The Balaban J connectivity index is 1.64. The maximum atomic E-state index is 11.6. The fourth-order valence-corrected chi connectivity index (χ4v) is 1.47. The lowest BCUT2D eigenvalue weighted by atomic mass is 10.2. The van der Waals surface area contributed by atoms with Gasteiger partial charge in [0.15, 0.2) is 0 Å². The Morgan fingerprint density at radius 3 is 2.44 bits per heavy atom. The first-order chi connectivity index (χ1) is 7.66. The topological polar surface area (TPSA) is 55.4 Å². The molecule has 2 aliphatic carbocycles. The first-order valence-corrected chi connectivity index (χ1v) is 6.10. The van der Waals surface area contributed by atoms with E-state index in [2.05, 4.69) is 5.32 Å². The van der Waals surface area contributed by atoms with Crippen LogP contribution in [0.2, 0.25) is 0 Å². The summed E-state index contributed by atoms with van der Waals surface area (Å²) in [7, 11) is 0. The van der Waals surface area contributed by atoms with Crippen LogP contribution >= 0.6 is 0 Å². The van der Waals surface area contributed by atoms with Gasteiger partial charge < -0.3 is 10.1 Å². The maximum Gasteiger partial charge on any atom is 0.290 e. The molecular weight excluding hydrogens is 206 g/mol. The first kappa shape index (κ1) is 11.6. The predicted molar refractivity (Wildman–Crippen MR) is 58.9 cm³/mol. The predicted octanol–water partition coefficient (Wildman–Crippen LogP) is 0.897. The minimum atomic E-state index is -0.597. The van der Waals surface area contributed by atoms with E-state index in [0.29, 0.717) is 25.0 Å². The van der Waals surface area contributed by atoms with Crippen LogP contribution in [0, 0.1) is 11.8 Å². The van der Waals surface area contributed by atoms with Crippen LogP contribution in [0.15, 0.2) is 0 Å². The monoisotopic (exact) mass is 225 g/mol. The van der Waals surface area contributed by atoms with E-state index in [4.69, 9.17) is 4.74 Å². The SMILES string of the molecule is CC(OCC1CC1)C(=O)C(=O)NCC1CC1. The summed E-state index contributed by atoms with van der Waals surface area (Å²) in [6.45, 7) is 2.91. The molecule has 0 bridgehead atoms. The summed E-state index contributed by atoms with van der Waals surface area (Å²) in [5, 5.41) is 2.66. The van der Waals surface area contributed by atoms with Gasteiger partial charge in [-0.05, 0) is 44.4 Å². The van der Waals surface area contributed by atoms with E-state index in [0.717, 1.165) is 0 Å².